The van der Waals surface area contributed by atoms with Crippen LogP contribution in [0.1, 0.15) is 31.1 Å². The lowest BCUT2D eigenvalue weighted by molar-refractivity contribution is 0.00707. The molecule has 0 unspecified atom stereocenters. The van der Waals surface area contributed by atoms with Crippen LogP contribution in [0, 0.1) is 22.7 Å². The Morgan fingerprint density at radius 1 is 1.19 bits per heavy atom. The van der Waals surface area contributed by atoms with Crippen molar-refractivity contribution in [1.29, 1.82) is 10.5 Å². The molecular weight excluding hydrogens is 344 g/mol. The van der Waals surface area contributed by atoms with Gasteiger partial charge in [0.15, 0.2) is 0 Å². The van der Waals surface area contributed by atoms with Crippen LogP contribution in [-0.2, 0) is 4.74 Å². The molecule has 1 aromatic rings. The molecule has 0 amide bonds. The number of carbonyl (C=O) groups is 1. The zero-order valence-corrected chi connectivity index (χ0v) is 16.1. The minimum Gasteiger partial charge on any atom is -0.456 e. The standard InChI is InChI=1S/C19H24N6O2/c1-19(2,3)27-18(26)16-6-5-15(25-9-7-24(4)8-10-25)11-17(16)23-22-14(12-20)13-21/h5-6,11,23H,7-10H2,1-4H3. The highest BCUT2D eigenvalue weighted by Gasteiger charge is 2.22. The first-order valence-electron chi connectivity index (χ1n) is 8.68. The molecule has 2 rings (SSSR count). The van der Waals surface area contributed by atoms with Gasteiger partial charge in [0, 0.05) is 31.9 Å². The minimum atomic E-state index is -0.641. The summed E-state index contributed by atoms with van der Waals surface area (Å²) in [6.45, 7) is 9.00. The van der Waals surface area contributed by atoms with Crippen molar-refractivity contribution in [3.05, 3.63) is 23.8 Å². The molecule has 1 heterocycles. The van der Waals surface area contributed by atoms with E-state index >= 15 is 0 Å². The van der Waals surface area contributed by atoms with Crippen molar-refractivity contribution in [1.82, 2.24) is 4.90 Å². The first-order chi connectivity index (χ1) is 12.7. The Balaban J connectivity index is 2.35. The van der Waals surface area contributed by atoms with Crippen molar-refractivity contribution in [3.8, 4) is 12.1 Å². The Hall–Kier alpha value is -3.10. The average molecular weight is 368 g/mol. The first kappa shape index (κ1) is 20.2. The highest BCUT2D eigenvalue weighted by atomic mass is 16.6. The molecule has 0 radical (unpaired) electrons. The summed E-state index contributed by atoms with van der Waals surface area (Å²) in [7, 11) is 2.08. The molecule has 0 saturated carbocycles. The summed E-state index contributed by atoms with van der Waals surface area (Å²) in [5.74, 6) is -0.499. The van der Waals surface area contributed by atoms with Gasteiger partial charge in [-0.2, -0.15) is 15.6 Å². The Kier molecular flexibility index (Phi) is 6.38. The first-order valence-corrected chi connectivity index (χ1v) is 8.68. The molecule has 27 heavy (non-hydrogen) atoms. The number of nitrogens with zero attached hydrogens (tertiary/aromatic N) is 5. The fourth-order valence-electron chi connectivity index (χ4n) is 2.59. The zero-order chi connectivity index (χ0) is 20.0. The van der Waals surface area contributed by atoms with E-state index in [4.69, 9.17) is 15.3 Å². The lowest BCUT2D eigenvalue weighted by atomic mass is 10.1. The van der Waals surface area contributed by atoms with Gasteiger partial charge in [-0.1, -0.05) is 0 Å². The van der Waals surface area contributed by atoms with E-state index in [1.54, 1.807) is 45.0 Å². The normalized spacial score (nSPS) is 14.7. The number of likely N-dealkylation sites (N-methyl/N-ethyl adjacent to an activating group) is 1. The number of ether oxygens (including phenoxy) is 1. The summed E-state index contributed by atoms with van der Waals surface area (Å²) in [6.07, 6.45) is 0. The van der Waals surface area contributed by atoms with E-state index in [1.807, 2.05) is 6.07 Å². The highest BCUT2D eigenvalue weighted by molar-refractivity contribution is 6.10. The van der Waals surface area contributed by atoms with Crippen LogP contribution in [0.15, 0.2) is 23.3 Å². The number of carbonyl (C=O) groups excluding carboxylic acids is 1. The maximum atomic E-state index is 12.5. The lowest BCUT2D eigenvalue weighted by Gasteiger charge is -2.34. The van der Waals surface area contributed by atoms with Crippen LogP contribution in [0.4, 0.5) is 11.4 Å². The smallest absolute Gasteiger partial charge is 0.340 e. The third-order valence-corrected chi connectivity index (χ3v) is 3.99. The monoisotopic (exact) mass is 368 g/mol. The number of esters is 1. The number of piperazine rings is 1. The fraction of sp³-hybridized carbons (Fsp3) is 0.474. The maximum absolute atomic E-state index is 12.5. The van der Waals surface area contributed by atoms with Gasteiger partial charge in [-0.05, 0) is 46.0 Å². The van der Waals surface area contributed by atoms with Gasteiger partial charge in [0.1, 0.15) is 17.7 Å². The van der Waals surface area contributed by atoms with Crippen LogP contribution in [0.5, 0.6) is 0 Å². The van der Waals surface area contributed by atoms with E-state index in [0.717, 1.165) is 31.9 Å². The van der Waals surface area contributed by atoms with Crippen molar-refractivity contribution >= 4 is 23.1 Å². The fourth-order valence-corrected chi connectivity index (χ4v) is 2.59. The summed E-state index contributed by atoms with van der Waals surface area (Å²) >= 11 is 0. The molecule has 0 bridgehead atoms. The number of nitrogens with one attached hydrogen (secondary N) is 1. The lowest BCUT2D eigenvalue weighted by Crippen LogP contribution is -2.44. The Bertz CT molecular complexity index is 789. The number of benzene rings is 1. The molecule has 0 spiro atoms. The van der Waals surface area contributed by atoms with Gasteiger partial charge < -0.3 is 14.5 Å². The maximum Gasteiger partial charge on any atom is 0.340 e. The van der Waals surface area contributed by atoms with Gasteiger partial charge in [-0.25, -0.2) is 4.79 Å². The van der Waals surface area contributed by atoms with Gasteiger partial charge in [-0.15, -0.1) is 0 Å². The second-order valence-electron chi connectivity index (χ2n) is 7.32. The average Bonchev–Trinajstić information content (AvgIpc) is 2.61. The predicted octanol–water partition coefficient (Wildman–Crippen LogP) is 2.21. The summed E-state index contributed by atoms with van der Waals surface area (Å²) in [5, 5.41) is 21.5. The van der Waals surface area contributed by atoms with Crippen LogP contribution in [0.2, 0.25) is 0 Å². The van der Waals surface area contributed by atoms with Gasteiger partial charge in [-0.3, -0.25) is 5.43 Å². The number of rotatable bonds is 4. The number of anilines is 2. The number of hydrazone groups is 1. The zero-order valence-electron chi connectivity index (χ0n) is 16.1. The molecule has 0 aliphatic carbocycles. The Morgan fingerprint density at radius 3 is 2.37 bits per heavy atom. The molecular formula is C19H24N6O2. The molecule has 1 aliphatic rings. The summed E-state index contributed by atoms with van der Waals surface area (Å²) in [4.78, 5) is 17.0. The third-order valence-electron chi connectivity index (χ3n) is 3.99. The Morgan fingerprint density at radius 2 is 1.81 bits per heavy atom. The second-order valence-corrected chi connectivity index (χ2v) is 7.32. The minimum absolute atomic E-state index is 0.293. The molecule has 0 atom stereocenters. The van der Waals surface area contributed by atoms with E-state index in [9.17, 15) is 4.79 Å². The van der Waals surface area contributed by atoms with Crippen molar-refractivity contribution in [2.75, 3.05) is 43.6 Å². The third kappa shape index (κ3) is 5.70. The molecule has 8 heteroatoms. The van der Waals surface area contributed by atoms with E-state index in [-0.39, 0.29) is 5.71 Å². The summed E-state index contributed by atoms with van der Waals surface area (Å²) in [6, 6.07) is 8.71. The van der Waals surface area contributed by atoms with Gasteiger partial charge in [0.2, 0.25) is 5.71 Å². The second kappa shape index (κ2) is 8.52. The van der Waals surface area contributed by atoms with Crippen LogP contribution < -0.4 is 10.3 Å². The van der Waals surface area contributed by atoms with E-state index in [0.29, 0.717) is 11.3 Å². The quantitative estimate of drug-likeness (QED) is 0.493. The molecule has 1 N–H and O–H groups in total. The van der Waals surface area contributed by atoms with Gasteiger partial charge >= 0.3 is 5.97 Å². The molecule has 1 aliphatic heterocycles. The SMILES string of the molecule is CN1CCN(c2ccc(C(=O)OC(C)(C)C)c(NN=C(C#N)C#N)c2)CC1. The number of nitriles is 2. The molecule has 1 aromatic carbocycles. The van der Waals surface area contributed by atoms with Crippen molar-refractivity contribution < 1.29 is 9.53 Å². The summed E-state index contributed by atoms with van der Waals surface area (Å²) in [5.41, 5.74) is 3.33. The molecule has 1 fully saturated rings. The topological polar surface area (TPSA) is 105 Å². The predicted molar refractivity (Wildman–Crippen MR) is 104 cm³/mol. The van der Waals surface area contributed by atoms with Crippen LogP contribution in [0.25, 0.3) is 0 Å². The van der Waals surface area contributed by atoms with Crippen molar-refractivity contribution in [3.63, 3.8) is 0 Å². The van der Waals surface area contributed by atoms with Crippen LogP contribution >= 0.6 is 0 Å². The van der Waals surface area contributed by atoms with Crippen molar-refractivity contribution in [2.45, 2.75) is 26.4 Å². The molecule has 8 nitrogen and oxygen atoms in total. The Labute approximate surface area is 159 Å². The van der Waals surface area contributed by atoms with E-state index in [1.165, 1.54) is 0 Å². The van der Waals surface area contributed by atoms with E-state index in [2.05, 4.69) is 27.4 Å². The van der Waals surface area contributed by atoms with Gasteiger partial charge in [0.25, 0.3) is 0 Å². The summed E-state index contributed by atoms with van der Waals surface area (Å²) < 4.78 is 5.45. The number of hydrogen-bond donors (Lipinski definition) is 1. The van der Waals surface area contributed by atoms with Crippen LogP contribution in [-0.4, -0.2) is 55.4 Å². The largest absolute Gasteiger partial charge is 0.456 e. The van der Waals surface area contributed by atoms with Gasteiger partial charge in [0.05, 0.1) is 11.3 Å². The highest BCUT2D eigenvalue weighted by Crippen LogP contribution is 2.27. The molecule has 0 aromatic heterocycles. The molecule has 142 valence electrons. The van der Waals surface area contributed by atoms with E-state index < -0.39 is 11.6 Å². The number of hydrogen-bond acceptors (Lipinski definition) is 8. The van der Waals surface area contributed by atoms with Crippen molar-refractivity contribution in [2.24, 2.45) is 5.10 Å². The molecule has 1 saturated heterocycles. The van der Waals surface area contributed by atoms with Crippen LogP contribution in [0.3, 0.4) is 0 Å².